The molecule has 1 saturated heterocycles. The summed E-state index contributed by atoms with van der Waals surface area (Å²) in [5, 5.41) is 13.6. The molecule has 1 aliphatic heterocycles. The van der Waals surface area contributed by atoms with Crippen LogP contribution in [0, 0.1) is 0 Å². The summed E-state index contributed by atoms with van der Waals surface area (Å²) in [4.78, 5) is 21.4. The standard InChI is InChI=1S/C30H34N4O4/c1-22(23-8-4-2-5-9-23)31-29(36)20-34-16-14-33(15-17-34)19-25(35)21-37-26-12-13-28-27(18-26)32-30(38-28)24-10-6-3-7-11-24/h2-13,18,22,25,35H,14-17,19-21H2,1H3,(H,31,36)/t22-,25?/m0/s1. The Morgan fingerprint density at radius 1 is 1.00 bits per heavy atom. The van der Waals surface area contributed by atoms with E-state index < -0.39 is 6.10 Å². The molecule has 0 radical (unpaired) electrons. The molecular formula is C30H34N4O4. The van der Waals surface area contributed by atoms with E-state index in [4.69, 9.17) is 9.15 Å². The van der Waals surface area contributed by atoms with Gasteiger partial charge in [-0.25, -0.2) is 4.98 Å². The van der Waals surface area contributed by atoms with Gasteiger partial charge in [-0.15, -0.1) is 0 Å². The summed E-state index contributed by atoms with van der Waals surface area (Å²) in [6.07, 6.45) is -0.621. The summed E-state index contributed by atoms with van der Waals surface area (Å²) in [5.41, 5.74) is 3.43. The highest BCUT2D eigenvalue weighted by Gasteiger charge is 2.22. The lowest BCUT2D eigenvalue weighted by Gasteiger charge is -2.35. The van der Waals surface area contributed by atoms with Gasteiger partial charge < -0.3 is 19.6 Å². The molecule has 38 heavy (non-hydrogen) atoms. The number of ether oxygens (including phenoxy) is 1. The lowest BCUT2D eigenvalue weighted by molar-refractivity contribution is -0.123. The van der Waals surface area contributed by atoms with Gasteiger partial charge in [-0.1, -0.05) is 48.5 Å². The van der Waals surface area contributed by atoms with Crippen LogP contribution >= 0.6 is 0 Å². The normalized spacial score (nSPS) is 16.3. The number of hydrogen-bond donors (Lipinski definition) is 2. The van der Waals surface area contributed by atoms with E-state index in [0.717, 1.165) is 37.3 Å². The first kappa shape index (κ1) is 25.9. The summed E-state index contributed by atoms with van der Waals surface area (Å²) >= 11 is 0. The highest BCUT2D eigenvalue weighted by molar-refractivity contribution is 5.78. The van der Waals surface area contributed by atoms with Crippen LogP contribution in [0.15, 0.2) is 83.3 Å². The third kappa shape index (κ3) is 6.77. The smallest absolute Gasteiger partial charge is 0.234 e. The van der Waals surface area contributed by atoms with Gasteiger partial charge in [-0.3, -0.25) is 14.6 Å². The Labute approximate surface area is 222 Å². The molecule has 8 nitrogen and oxygen atoms in total. The third-order valence-electron chi connectivity index (χ3n) is 6.80. The van der Waals surface area contributed by atoms with Crippen LogP contribution in [0.2, 0.25) is 0 Å². The highest BCUT2D eigenvalue weighted by Crippen LogP contribution is 2.27. The number of carbonyl (C=O) groups is 1. The minimum atomic E-state index is -0.621. The average molecular weight is 515 g/mol. The van der Waals surface area contributed by atoms with Gasteiger partial charge in [0.15, 0.2) is 5.58 Å². The van der Waals surface area contributed by atoms with Crippen LogP contribution < -0.4 is 10.1 Å². The summed E-state index contributed by atoms with van der Waals surface area (Å²) < 4.78 is 11.7. The number of fused-ring (bicyclic) bond motifs is 1. The lowest BCUT2D eigenvalue weighted by atomic mass is 10.1. The van der Waals surface area contributed by atoms with Crippen molar-refractivity contribution in [2.24, 2.45) is 0 Å². The van der Waals surface area contributed by atoms with Crippen LogP contribution in [0.5, 0.6) is 5.75 Å². The summed E-state index contributed by atoms with van der Waals surface area (Å²) in [5.74, 6) is 1.24. The van der Waals surface area contributed by atoms with Gasteiger partial charge >= 0.3 is 0 Å². The number of amides is 1. The van der Waals surface area contributed by atoms with Crippen molar-refractivity contribution in [1.29, 1.82) is 0 Å². The van der Waals surface area contributed by atoms with Crippen LogP contribution in [0.4, 0.5) is 0 Å². The molecule has 1 fully saturated rings. The SMILES string of the molecule is C[C@H](NC(=O)CN1CCN(CC(O)COc2ccc3oc(-c4ccccc4)nc3c2)CC1)c1ccccc1. The van der Waals surface area contributed by atoms with Crippen molar-refractivity contribution in [2.45, 2.75) is 19.1 Å². The minimum Gasteiger partial charge on any atom is -0.491 e. The van der Waals surface area contributed by atoms with Gasteiger partial charge in [0.1, 0.15) is 24.0 Å². The number of nitrogens with zero attached hydrogens (tertiary/aromatic N) is 3. The molecule has 0 spiro atoms. The molecular weight excluding hydrogens is 480 g/mol. The number of hydrogen-bond acceptors (Lipinski definition) is 7. The van der Waals surface area contributed by atoms with E-state index in [-0.39, 0.29) is 18.6 Å². The van der Waals surface area contributed by atoms with E-state index in [1.165, 1.54) is 0 Å². The zero-order valence-electron chi connectivity index (χ0n) is 21.6. The lowest BCUT2D eigenvalue weighted by Crippen LogP contribution is -2.51. The zero-order chi connectivity index (χ0) is 26.3. The second-order valence-corrected chi connectivity index (χ2v) is 9.76. The van der Waals surface area contributed by atoms with Gasteiger partial charge in [0.25, 0.3) is 0 Å². The van der Waals surface area contributed by atoms with Gasteiger partial charge in [0, 0.05) is 44.4 Å². The molecule has 3 aromatic carbocycles. The maximum atomic E-state index is 12.5. The maximum Gasteiger partial charge on any atom is 0.234 e. The van der Waals surface area contributed by atoms with Gasteiger partial charge in [0.05, 0.1) is 12.6 Å². The number of rotatable bonds is 10. The number of piperazine rings is 1. The zero-order valence-corrected chi connectivity index (χ0v) is 21.6. The molecule has 2 N–H and O–H groups in total. The van der Waals surface area contributed by atoms with Crippen LogP contribution in [-0.2, 0) is 4.79 Å². The Morgan fingerprint density at radius 3 is 2.42 bits per heavy atom. The van der Waals surface area contributed by atoms with E-state index in [1.807, 2.05) is 85.8 Å². The van der Waals surface area contributed by atoms with E-state index in [1.54, 1.807) is 0 Å². The summed E-state index contributed by atoms with van der Waals surface area (Å²) in [7, 11) is 0. The summed E-state index contributed by atoms with van der Waals surface area (Å²) in [6.45, 7) is 6.26. The van der Waals surface area contributed by atoms with Crippen LogP contribution in [0.3, 0.4) is 0 Å². The van der Waals surface area contributed by atoms with E-state index >= 15 is 0 Å². The van der Waals surface area contributed by atoms with Crippen molar-refractivity contribution in [3.63, 3.8) is 0 Å². The molecule has 1 amide bonds. The molecule has 5 rings (SSSR count). The molecule has 1 aromatic heterocycles. The predicted octanol–water partition coefficient (Wildman–Crippen LogP) is 3.73. The highest BCUT2D eigenvalue weighted by atomic mass is 16.5. The van der Waals surface area contributed by atoms with E-state index in [0.29, 0.717) is 35.8 Å². The van der Waals surface area contributed by atoms with Crippen LogP contribution in [0.1, 0.15) is 18.5 Å². The molecule has 4 aromatic rings. The monoisotopic (exact) mass is 514 g/mol. The van der Waals surface area contributed by atoms with E-state index in [9.17, 15) is 9.90 Å². The Kier molecular flexibility index (Phi) is 8.33. The number of β-amino-alcohol motifs (C(OH)–C–C–N with tert-alkyl or cyclic N) is 1. The molecule has 1 aliphatic rings. The van der Waals surface area contributed by atoms with Gasteiger partial charge in [0.2, 0.25) is 11.8 Å². The van der Waals surface area contributed by atoms with Crippen molar-refractivity contribution in [3.05, 3.63) is 84.4 Å². The fraction of sp³-hybridized carbons (Fsp3) is 0.333. The molecule has 0 saturated carbocycles. The molecule has 0 aliphatic carbocycles. The average Bonchev–Trinajstić information content (AvgIpc) is 3.37. The number of benzene rings is 3. The minimum absolute atomic E-state index is 0.0175. The van der Waals surface area contributed by atoms with Crippen LogP contribution in [0.25, 0.3) is 22.6 Å². The summed E-state index contributed by atoms with van der Waals surface area (Å²) in [6, 6.07) is 25.2. The Morgan fingerprint density at radius 2 is 1.68 bits per heavy atom. The Balaban J connectivity index is 1.04. The molecule has 1 unspecified atom stereocenters. The number of nitrogens with one attached hydrogen (secondary N) is 1. The fourth-order valence-electron chi connectivity index (χ4n) is 4.69. The molecule has 0 bridgehead atoms. The van der Waals surface area contributed by atoms with Gasteiger partial charge in [-0.2, -0.15) is 0 Å². The topological polar surface area (TPSA) is 91.1 Å². The maximum absolute atomic E-state index is 12.5. The van der Waals surface area contributed by atoms with Crippen molar-refractivity contribution >= 4 is 17.0 Å². The Bertz CT molecular complexity index is 1320. The molecule has 2 heterocycles. The van der Waals surface area contributed by atoms with Crippen molar-refractivity contribution in [2.75, 3.05) is 45.9 Å². The largest absolute Gasteiger partial charge is 0.491 e. The van der Waals surface area contributed by atoms with Crippen molar-refractivity contribution in [3.8, 4) is 17.2 Å². The fourth-order valence-corrected chi connectivity index (χ4v) is 4.69. The van der Waals surface area contributed by atoms with Gasteiger partial charge in [-0.05, 0) is 36.8 Å². The van der Waals surface area contributed by atoms with E-state index in [2.05, 4.69) is 20.1 Å². The first-order valence-corrected chi connectivity index (χ1v) is 13.1. The number of carbonyl (C=O) groups excluding carboxylic acids is 1. The predicted molar refractivity (Wildman–Crippen MR) is 147 cm³/mol. The number of aliphatic hydroxyl groups excluding tert-OH is 1. The van der Waals surface area contributed by atoms with Crippen molar-refractivity contribution < 1.29 is 19.1 Å². The second-order valence-electron chi connectivity index (χ2n) is 9.76. The first-order chi connectivity index (χ1) is 18.5. The molecule has 198 valence electrons. The Hall–Kier alpha value is -3.72. The molecule has 2 atom stereocenters. The first-order valence-electron chi connectivity index (χ1n) is 13.1. The number of aromatic nitrogens is 1. The molecule has 8 heteroatoms. The van der Waals surface area contributed by atoms with Crippen LogP contribution in [-0.4, -0.2) is 77.8 Å². The quantitative estimate of drug-likeness (QED) is 0.333. The number of oxazole rings is 1. The third-order valence-corrected chi connectivity index (χ3v) is 6.80. The van der Waals surface area contributed by atoms with Crippen molar-refractivity contribution in [1.82, 2.24) is 20.1 Å². The second kappa shape index (κ2) is 12.2. The number of aliphatic hydroxyl groups is 1.